The van der Waals surface area contributed by atoms with Crippen molar-refractivity contribution in [2.45, 2.75) is 0 Å². The molecule has 4 aromatic rings. The zero-order chi connectivity index (χ0) is 22.0. The summed E-state index contributed by atoms with van der Waals surface area (Å²) in [5.41, 5.74) is 1.47. The van der Waals surface area contributed by atoms with E-state index in [4.69, 9.17) is 45.2 Å². The monoisotopic (exact) mass is 468 g/mol. The predicted molar refractivity (Wildman–Crippen MR) is 128 cm³/mol. The Morgan fingerprint density at radius 3 is 2.23 bits per heavy atom. The largest absolute Gasteiger partial charge is 0.339 e. The van der Waals surface area contributed by atoms with E-state index < -0.39 is 5.56 Å². The SMILES string of the molecule is N=Cc1c(Nc2ccccc2)nc(-c2ccc(Cl)cc2Cl)n(-c2ccc(Cl)cc2)c1=O. The topological polar surface area (TPSA) is 70.8 Å². The van der Waals surface area contributed by atoms with Crippen LogP contribution in [0.2, 0.25) is 15.1 Å². The van der Waals surface area contributed by atoms with Crippen molar-refractivity contribution >= 4 is 52.5 Å². The number of halogens is 3. The van der Waals surface area contributed by atoms with Gasteiger partial charge in [-0.3, -0.25) is 9.36 Å². The number of para-hydroxylation sites is 1. The van der Waals surface area contributed by atoms with Gasteiger partial charge in [0.1, 0.15) is 11.4 Å². The van der Waals surface area contributed by atoms with Crippen LogP contribution in [0.5, 0.6) is 0 Å². The molecular formula is C23H15Cl3N4O. The summed E-state index contributed by atoms with van der Waals surface area (Å²) in [6.45, 7) is 0. The molecule has 1 heterocycles. The van der Waals surface area contributed by atoms with E-state index in [1.807, 2.05) is 30.3 Å². The number of nitrogens with zero attached hydrogens (tertiary/aromatic N) is 2. The Balaban J connectivity index is 2.02. The minimum absolute atomic E-state index is 0.104. The van der Waals surface area contributed by atoms with Crippen LogP contribution in [-0.4, -0.2) is 15.8 Å². The molecule has 1 aromatic heterocycles. The van der Waals surface area contributed by atoms with Crippen molar-refractivity contribution in [3.05, 3.63) is 104 Å². The van der Waals surface area contributed by atoms with Crippen LogP contribution in [0, 0.1) is 5.41 Å². The third-order valence-corrected chi connectivity index (χ3v) is 5.36. The number of hydrogen-bond acceptors (Lipinski definition) is 4. The lowest BCUT2D eigenvalue weighted by Crippen LogP contribution is -2.26. The summed E-state index contributed by atoms with van der Waals surface area (Å²) >= 11 is 18.6. The molecule has 0 aliphatic heterocycles. The van der Waals surface area contributed by atoms with Gasteiger partial charge in [-0.1, -0.05) is 53.0 Å². The minimum atomic E-state index is -0.424. The second-order valence-electron chi connectivity index (χ2n) is 6.57. The molecule has 0 bridgehead atoms. The van der Waals surface area contributed by atoms with Gasteiger partial charge in [-0.05, 0) is 54.6 Å². The van der Waals surface area contributed by atoms with Crippen LogP contribution < -0.4 is 10.9 Å². The molecule has 4 rings (SSSR count). The molecule has 0 atom stereocenters. The number of benzene rings is 3. The molecule has 5 nitrogen and oxygen atoms in total. The molecule has 3 aromatic carbocycles. The van der Waals surface area contributed by atoms with E-state index in [1.165, 1.54) is 4.57 Å². The highest BCUT2D eigenvalue weighted by Gasteiger charge is 2.20. The first kappa shape index (κ1) is 21.1. The molecule has 154 valence electrons. The summed E-state index contributed by atoms with van der Waals surface area (Å²) < 4.78 is 1.40. The number of nitrogens with one attached hydrogen (secondary N) is 2. The summed E-state index contributed by atoms with van der Waals surface area (Å²) in [7, 11) is 0. The molecule has 0 spiro atoms. The van der Waals surface area contributed by atoms with Crippen molar-refractivity contribution in [1.82, 2.24) is 9.55 Å². The molecule has 0 aliphatic rings. The Morgan fingerprint density at radius 1 is 0.903 bits per heavy atom. The predicted octanol–water partition coefficient (Wildman–Crippen LogP) is 6.60. The quantitative estimate of drug-likeness (QED) is 0.323. The molecule has 0 aliphatic carbocycles. The highest BCUT2D eigenvalue weighted by molar-refractivity contribution is 6.36. The van der Waals surface area contributed by atoms with Crippen molar-refractivity contribution in [3.8, 4) is 17.1 Å². The summed E-state index contributed by atoms with van der Waals surface area (Å²) in [6, 6.07) is 21.0. The molecule has 8 heteroatoms. The summed E-state index contributed by atoms with van der Waals surface area (Å²) in [5, 5.41) is 12.3. The van der Waals surface area contributed by atoms with Crippen molar-refractivity contribution in [1.29, 1.82) is 5.41 Å². The minimum Gasteiger partial charge on any atom is -0.339 e. The van der Waals surface area contributed by atoms with Gasteiger partial charge in [-0.15, -0.1) is 0 Å². The fraction of sp³-hybridized carbons (Fsp3) is 0. The fourth-order valence-corrected chi connectivity index (χ4v) is 3.72. The Kier molecular flexibility index (Phi) is 6.09. The van der Waals surface area contributed by atoms with E-state index in [2.05, 4.69) is 5.32 Å². The number of aromatic nitrogens is 2. The second-order valence-corrected chi connectivity index (χ2v) is 7.85. The van der Waals surface area contributed by atoms with E-state index >= 15 is 0 Å². The lowest BCUT2D eigenvalue weighted by atomic mass is 10.1. The molecule has 0 saturated heterocycles. The first-order valence-electron chi connectivity index (χ1n) is 9.19. The molecular weight excluding hydrogens is 455 g/mol. The average molecular weight is 470 g/mol. The molecule has 0 radical (unpaired) electrons. The molecule has 0 unspecified atom stereocenters. The van der Waals surface area contributed by atoms with Crippen LogP contribution in [0.3, 0.4) is 0 Å². The van der Waals surface area contributed by atoms with Crippen LogP contribution in [0.1, 0.15) is 5.56 Å². The van der Waals surface area contributed by atoms with E-state index in [0.717, 1.165) is 11.9 Å². The van der Waals surface area contributed by atoms with Crippen LogP contribution >= 0.6 is 34.8 Å². The maximum atomic E-state index is 13.5. The zero-order valence-electron chi connectivity index (χ0n) is 15.9. The van der Waals surface area contributed by atoms with Crippen LogP contribution in [0.4, 0.5) is 11.5 Å². The third-order valence-electron chi connectivity index (χ3n) is 4.56. The third kappa shape index (κ3) is 4.35. The van der Waals surface area contributed by atoms with Crippen LogP contribution in [0.25, 0.3) is 17.1 Å². The van der Waals surface area contributed by atoms with Gasteiger partial charge in [0.15, 0.2) is 5.82 Å². The Morgan fingerprint density at radius 2 is 1.58 bits per heavy atom. The van der Waals surface area contributed by atoms with Crippen LogP contribution in [-0.2, 0) is 0 Å². The molecule has 31 heavy (non-hydrogen) atoms. The van der Waals surface area contributed by atoms with Gasteiger partial charge in [-0.2, -0.15) is 0 Å². The number of rotatable bonds is 5. The van der Waals surface area contributed by atoms with E-state index in [9.17, 15) is 4.79 Å². The lowest BCUT2D eigenvalue weighted by Gasteiger charge is -2.17. The smallest absolute Gasteiger partial charge is 0.269 e. The summed E-state index contributed by atoms with van der Waals surface area (Å²) in [4.78, 5) is 18.2. The van der Waals surface area contributed by atoms with Gasteiger partial charge in [0.25, 0.3) is 5.56 Å². The second kappa shape index (κ2) is 8.94. The first-order valence-corrected chi connectivity index (χ1v) is 10.3. The van der Waals surface area contributed by atoms with Crippen molar-refractivity contribution in [2.24, 2.45) is 0 Å². The maximum absolute atomic E-state index is 13.5. The number of anilines is 2. The Labute approximate surface area is 193 Å². The average Bonchev–Trinajstić information content (AvgIpc) is 2.75. The summed E-state index contributed by atoms with van der Waals surface area (Å²) in [5.74, 6) is 0.551. The highest BCUT2D eigenvalue weighted by atomic mass is 35.5. The van der Waals surface area contributed by atoms with E-state index in [-0.39, 0.29) is 11.4 Å². The fourth-order valence-electron chi connectivity index (χ4n) is 3.10. The van der Waals surface area contributed by atoms with Gasteiger partial charge < -0.3 is 10.7 Å². The van der Waals surface area contributed by atoms with E-state index in [1.54, 1.807) is 42.5 Å². The van der Waals surface area contributed by atoms with Crippen molar-refractivity contribution in [2.75, 3.05) is 5.32 Å². The van der Waals surface area contributed by atoms with Crippen LogP contribution in [0.15, 0.2) is 77.6 Å². The lowest BCUT2D eigenvalue weighted by molar-refractivity contribution is 0.948. The normalized spacial score (nSPS) is 10.7. The molecule has 0 saturated carbocycles. The maximum Gasteiger partial charge on any atom is 0.269 e. The van der Waals surface area contributed by atoms with Crippen molar-refractivity contribution in [3.63, 3.8) is 0 Å². The molecule has 0 fully saturated rings. The van der Waals surface area contributed by atoms with Gasteiger partial charge in [-0.25, -0.2) is 4.98 Å². The van der Waals surface area contributed by atoms with Gasteiger partial charge in [0, 0.05) is 27.5 Å². The van der Waals surface area contributed by atoms with Crippen molar-refractivity contribution < 1.29 is 0 Å². The Hall–Kier alpha value is -3.12. The van der Waals surface area contributed by atoms with Gasteiger partial charge in [0.2, 0.25) is 0 Å². The number of hydrogen-bond donors (Lipinski definition) is 2. The summed E-state index contributed by atoms with van der Waals surface area (Å²) in [6.07, 6.45) is 0.986. The standard InChI is InChI=1S/C23H15Cl3N4O/c24-14-6-9-17(10-7-14)30-22(18-11-8-15(25)12-20(18)26)29-21(19(13-27)23(30)31)28-16-4-2-1-3-5-16/h1-13,27-28H. The molecule has 0 amide bonds. The zero-order valence-corrected chi connectivity index (χ0v) is 18.2. The van der Waals surface area contributed by atoms with E-state index in [0.29, 0.717) is 32.1 Å². The Bertz CT molecular complexity index is 1320. The first-order chi connectivity index (χ1) is 15.0. The molecule has 2 N–H and O–H groups in total. The van der Waals surface area contributed by atoms with Gasteiger partial charge in [0.05, 0.1) is 10.7 Å². The highest BCUT2D eigenvalue weighted by Crippen LogP contribution is 2.31. The van der Waals surface area contributed by atoms with Gasteiger partial charge >= 0.3 is 0 Å².